The smallest absolute Gasteiger partial charge is 0.122 e. The molecule has 19 heavy (non-hydrogen) atoms. The molecule has 1 aromatic carbocycles. The van der Waals surface area contributed by atoms with Crippen molar-refractivity contribution in [1.29, 1.82) is 5.26 Å². The van der Waals surface area contributed by atoms with Gasteiger partial charge in [0.15, 0.2) is 0 Å². The summed E-state index contributed by atoms with van der Waals surface area (Å²) in [6.45, 7) is 5.10. The van der Waals surface area contributed by atoms with Gasteiger partial charge in [-0.05, 0) is 30.0 Å². The van der Waals surface area contributed by atoms with E-state index in [0.29, 0.717) is 12.5 Å². The van der Waals surface area contributed by atoms with Gasteiger partial charge in [-0.3, -0.25) is 0 Å². The molecule has 0 amide bonds. The Morgan fingerprint density at radius 1 is 1.37 bits per heavy atom. The van der Waals surface area contributed by atoms with Crippen molar-refractivity contribution in [3.63, 3.8) is 0 Å². The average Bonchev–Trinajstić information content (AvgIpc) is 2.90. The van der Waals surface area contributed by atoms with E-state index in [1.54, 1.807) is 0 Å². The average molecular weight is 258 g/mol. The molecule has 0 radical (unpaired) electrons. The molecular weight excluding hydrogens is 236 g/mol. The van der Waals surface area contributed by atoms with E-state index in [9.17, 15) is 0 Å². The lowest BCUT2D eigenvalue weighted by Crippen LogP contribution is -2.31. The summed E-state index contributed by atoms with van der Waals surface area (Å²) in [5, 5.41) is 12.4. The summed E-state index contributed by atoms with van der Waals surface area (Å²) in [7, 11) is 0. The van der Waals surface area contributed by atoms with Crippen LogP contribution in [0.25, 0.3) is 0 Å². The molecule has 2 atom stereocenters. The van der Waals surface area contributed by atoms with Gasteiger partial charge >= 0.3 is 0 Å². The Labute approximate surface area is 115 Å². The van der Waals surface area contributed by atoms with Gasteiger partial charge in [0.1, 0.15) is 5.75 Å². The topological polar surface area (TPSA) is 45.0 Å². The first-order valence-corrected chi connectivity index (χ1v) is 7.17. The van der Waals surface area contributed by atoms with Crippen molar-refractivity contribution in [2.75, 3.05) is 6.61 Å². The molecule has 1 aliphatic heterocycles. The minimum atomic E-state index is 0.277. The maximum absolute atomic E-state index is 8.84. The summed E-state index contributed by atoms with van der Waals surface area (Å²) in [5.41, 5.74) is 2.62. The van der Waals surface area contributed by atoms with Crippen LogP contribution in [0.4, 0.5) is 0 Å². The molecule has 1 heterocycles. The molecule has 0 aromatic heterocycles. The maximum Gasteiger partial charge on any atom is 0.122 e. The van der Waals surface area contributed by atoms with Crippen LogP contribution in [0, 0.1) is 11.3 Å². The summed E-state index contributed by atoms with van der Waals surface area (Å²) < 4.78 is 5.54. The highest BCUT2D eigenvalue weighted by Gasteiger charge is 2.18. The van der Waals surface area contributed by atoms with E-state index < -0.39 is 0 Å². The van der Waals surface area contributed by atoms with Gasteiger partial charge in [0, 0.05) is 18.5 Å². The molecule has 0 bridgehead atoms. The Bertz CT molecular complexity index is 464. The molecular formula is C16H22N2O. The van der Waals surface area contributed by atoms with Crippen molar-refractivity contribution in [3.8, 4) is 11.8 Å². The second-order valence-electron chi connectivity index (χ2n) is 5.06. The monoisotopic (exact) mass is 258 g/mol. The number of hydrogen-bond acceptors (Lipinski definition) is 3. The second kappa shape index (κ2) is 6.58. The van der Waals surface area contributed by atoms with Gasteiger partial charge in [0.05, 0.1) is 19.1 Å². The van der Waals surface area contributed by atoms with Gasteiger partial charge in [0.2, 0.25) is 0 Å². The molecule has 0 saturated heterocycles. The molecule has 0 spiro atoms. The summed E-state index contributed by atoms with van der Waals surface area (Å²) in [4.78, 5) is 0. The van der Waals surface area contributed by atoms with E-state index in [4.69, 9.17) is 10.00 Å². The Morgan fingerprint density at radius 3 is 2.89 bits per heavy atom. The molecule has 3 nitrogen and oxygen atoms in total. The normalized spacial score (nSPS) is 16.3. The standard InChI is InChI=1S/C16H22N2O/c1-3-14(7-9-17)18-15(4-2)12-5-6-16-13(11-12)8-10-19-16/h5-6,11,14-15,18H,3-4,7-8,10H2,1-2H3. The Kier molecular flexibility index (Phi) is 4.81. The van der Waals surface area contributed by atoms with E-state index in [-0.39, 0.29) is 6.04 Å². The third kappa shape index (κ3) is 3.27. The van der Waals surface area contributed by atoms with E-state index in [1.807, 2.05) is 0 Å². The summed E-state index contributed by atoms with van der Waals surface area (Å²) in [5.74, 6) is 1.03. The first-order chi connectivity index (χ1) is 9.28. The Morgan fingerprint density at radius 2 is 2.21 bits per heavy atom. The van der Waals surface area contributed by atoms with E-state index in [1.165, 1.54) is 11.1 Å². The minimum Gasteiger partial charge on any atom is -0.493 e. The van der Waals surface area contributed by atoms with Crippen LogP contribution in [-0.4, -0.2) is 12.6 Å². The van der Waals surface area contributed by atoms with Gasteiger partial charge in [-0.15, -0.1) is 0 Å². The molecule has 0 saturated carbocycles. The molecule has 0 aliphatic carbocycles. The van der Waals surface area contributed by atoms with Crippen molar-refractivity contribution < 1.29 is 4.74 Å². The third-order valence-electron chi connectivity index (χ3n) is 3.79. The molecule has 0 fully saturated rings. The van der Waals surface area contributed by atoms with Crippen molar-refractivity contribution >= 4 is 0 Å². The lowest BCUT2D eigenvalue weighted by molar-refractivity contribution is 0.356. The summed E-state index contributed by atoms with van der Waals surface area (Å²) in [6.07, 6.45) is 3.59. The first-order valence-electron chi connectivity index (χ1n) is 7.17. The number of fused-ring (bicyclic) bond motifs is 1. The van der Waals surface area contributed by atoms with Crippen LogP contribution < -0.4 is 10.1 Å². The van der Waals surface area contributed by atoms with Crippen molar-refractivity contribution in [2.45, 2.75) is 51.6 Å². The van der Waals surface area contributed by atoms with Crippen LogP contribution in [0.5, 0.6) is 5.75 Å². The third-order valence-corrected chi connectivity index (χ3v) is 3.79. The van der Waals surface area contributed by atoms with E-state index in [0.717, 1.165) is 31.6 Å². The van der Waals surface area contributed by atoms with E-state index >= 15 is 0 Å². The predicted molar refractivity (Wildman–Crippen MR) is 76.1 cm³/mol. The molecule has 1 aromatic rings. The molecule has 2 rings (SSSR count). The highest BCUT2D eigenvalue weighted by molar-refractivity contribution is 5.40. The van der Waals surface area contributed by atoms with Gasteiger partial charge in [-0.2, -0.15) is 5.26 Å². The zero-order valence-corrected chi connectivity index (χ0v) is 11.8. The predicted octanol–water partition coefficient (Wildman–Crippen LogP) is 3.35. The second-order valence-corrected chi connectivity index (χ2v) is 5.06. The number of nitrogens with one attached hydrogen (secondary N) is 1. The first kappa shape index (κ1) is 13.9. The van der Waals surface area contributed by atoms with Crippen LogP contribution in [0.2, 0.25) is 0 Å². The molecule has 1 aliphatic rings. The van der Waals surface area contributed by atoms with Crippen molar-refractivity contribution in [2.24, 2.45) is 0 Å². The quantitative estimate of drug-likeness (QED) is 0.851. The molecule has 102 valence electrons. The summed E-state index contributed by atoms with van der Waals surface area (Å²) >= 11 is 0. The van der Waals surface area contributed by atoms with Gasteiger partial charge in [-0.25, -0.2) is 0 Å². The number of hydrogen-bond donors (Lipinski definition) is 1. The van der Waals surface area contributed by atoms with Gasteiger partial charge < -0.3 is 10.1 Å². The lowest BCUT2D eigenvalue weighted by atomic mass is 9.99. The highest BCUT2D eigenvalue weighted by Crippen LogP contribution is 2.29. The van der Waals surface area contributed by atoms with Crippen LogP contribution in [0.3, 0.4) is 0 Å². The van der Waals surface area contributed by atoms with Crippen molar-refractivity contribution in [1.82, 2.24) is 5.32 Å². The van der Waals surface area contributed by atoms with Gasteiger partial charge in [0.25, 0.3) is 0 Å². The molecule has 1 N–H and O–H groups in total. The zero-order valence-electron chi connectivity index (χ0n) is 11.8. The largest absolute Gasteiger partial charge is 0.493 e. The van der Waals surface area contributed by atoms with Crippen molar-refractivity contribution in [3.05, 3.63) is 29.3 Å². The Hall–Kier alpha value is -1.53. The van der Waals surface area contributed by atoms with Crippen LogP contribution in [0.1, 0.15) is 50.3 Å². The van der Waals surface area contributed by atoms with Crippen LogP contribution in [0.15, 0.2) is 18.2 Å². The Balaban J connectivity index is 2.11. The fraction of sp³-hybridized carbons (Fsp3) is 0.562. The minimum absolute atomic E-state index is 0.277. The SMILES string of the molecule is CCC(CC#N)NC(CC)c1ccc2c(c1)CCO2. The fourth-order valence-electron chi connectivity index (χ4n) is 2.59. The maximum atomic E-state index is 8.84. The summed E-state index contributed by atoms with van der Waals surface area (Å²) in [6, 6.07) is 9.33. The van der Waals surface area contributed by atoms with Gasteiger partial charge in [-0.1, -0.05) is 26.0 Å². The number of benzene rings is 1. The molecule has 3 heteroatoms. The number of ether oxygens (including phenoxy) is 1. The van der Waals surface area contributed by atoms with Crippen LogP contribution >= 0.6 is 0 Å². The molecule has 2 unspecified atom stereocenters. The lowest BCUT2D eigenvalue weighted by Gasteiger charge is -2.23. The number of nitriles is 1. The number of nitrogens with zero attached hydrogens (tertiary/aromatic N) is 1. The zero-order chi connectivity index (χ0) is 13.7. The number of rotatable bonds is 6. The highest BCUT2D eigenvalue weighted by atomic mass is 16.5. The van der Waals surface area contributed by atoms with E-state index in [2.05, 4.69) is 43.4 Å². The fourth-order valence-corrected chi connectivity index (χ4v) is 2.59. The van der Waals surface area contributed by atoms with Crippen LogP contribution in [-0.2, 0) is 6.42 Å².